The average Bonchev–Trinajstić information content (AvgIpc) is 3.11. The highest BCUT2D eigenvalue weighted by atomic mass is 16.2. The van der Waals surface area contributed by atoms with E-state index in [9.17, 15) is 4.79 Å². The van der Waals surface area contributed by atoms with Crippen LogP contribution >= 0.6 is 0 Å². The summed E-state index contributed by atoms with van der Waals surface area (Å²) in [6.07, 6.45) is 11.9. The number of para-hydroxylation sites is 1. The number of rotatable bonds is 6. The van der Waals surface area contributed by atoms with Crippen molar-refractivity contribution >= 4 is 6.03 Å². The second kappa shape index (κ2) is 8.34. The van der Waals surface area contributed by atoms with Crippen molar-refractivity contribution < 1.29 is 4.79 Å². The van der Waals surface area contributed by atoms with Crippen LogP contribution in [-0.4, -0.2) is 22.4 Å². The lowest BCUT2D eigenvalue weighted by Gasteiger charge is -2.13. The van der Waals surface area contributed by atoms with Crippen molar-refractivity contribution in [1.29, 1.82) is 0 Å². The fourth-order valence-corrected chi connectivity index (χ4v) is 2.89. The van der Waals surface area contributed by atoms with Gasteiger partial charge in [-0.15, -0.1) is 0 Å². The number of aromatic nitrogens is 2. The van der Waals surface area contributed by atoms with Crippen LogP contribution in [0.4, 0.5) is 4.79 Å². The Morgan fingerprint density at radius 2 is 2.04 bits per heavy atom. The van der Waals surface area contributed by atoms with Crippen molar-refractivity contribution in [3.63, 3.8) is 0 Å². The third kappa shape index (κ3) is 4.72. The van der Waals surface area contributed by atoms with Crippen LogP contribution in [0.5, 0.6) is 0 Å². The van der Waals surface area contributed by atoms with E-state index in [2.05, 4.69) is 21.8 Å². The zero-order chi connectivity index (χ0) is 16.6. The molecule has 0 saturated heterocycles. The number of hydrogen-bond donors (Lipinski definition) is 2. The van der Waals surface area contributed by atoms with E-state index in [1.165, 1.54) is 31.3 Å². The van der Waals surface area contributed by atoms with E-state index in [0.29, 0.717) is 13.1 Å². The normalized spacial score (nSPS) is 14.1. The second-order valence-electron chi connectivity index (χ2n) is 6.10. The van der Waals surface area contributed by atoms with Crippen molar-refractivity contribution in [2.24, 2.45) is 0 Å². The predicted octanol–water partition coefficient (Wildman–Crippen LogP) is 3.56. The van der Waals surface area contributed by atoms with Gasteiger partial charge in [-0.3, -0.25) is 0 Å². The molecule has 0 atom stereocenters. The molecule has 2 aromatic rings. The van der Waals surface area contributed by atoms with E-state index in [0.717, 1.165) is 17.7 Å². The van der Waals surface area contributed by atoms with Crippen molar-refractivity contribution in [3.8, 4) is 5.69 Å². The summed E-state index contributed by atoms with van der Waals surface area (Å²) < 4.78 is 1.81. The van der Waals surface area contributed by atoms with E-state index in [1.54, 1.807) is 6.20 Å². The second-order valence-corrected chi connectivity index (χ2v) is 6.10. The SMILES string of the molecule is O=C(NCCC1=CCCCC1)NCc1cnn(-c2ccccc2)c1. The summed E-state index contributed by atoms with van der Waals surface area (Å²) in [6.45, 7) is 1.17. The highest BCUT2D eigenvalue weighted by Crippen LogP contribution is 2.19. The first kappa shape index (κ1) is 16.3. The lowest BCUT2D eigenvalue weighted by atomic mass is 9.97. The fraction of sp³-hybridized carbons (Fsp3) is 0.368. The molecule has 1 aliphatic carbocycles. The van der Waals surface area contributed by atoms with Gasteiger partial charge in [0.05, 0.1) is 11.9 Å². The molecule has 24 heavy (non-hydrogen) atoms. The van der Waals surface area contributed by atoms with Crippen LogP contribution < -0.4 is 10.6 Å². The van der Waals surface area contributed by atoms with Crippen molar-refractivity contribution in [1.82, 2.24) is 20.4 Å². The highest BCUT2D eigenvalue weighted by Gasteiger charge is 2.06. The molecule has 0 bridgehead atoms. The summed E-state index contributed by atoms with van der Waals surface area (Å²) >= 11 is 0. The Bertz CT molecular complexity index is 690. The maximum absolute atomic E-state index is 11.9. The fourth-order valence-electron chi connectivity index (χ4n) is 2.89. The maximum atomic E-state index is 11.9. The van der Waals surface area contributed by atoms with Crippen LogP contribution in [0.25, 0.3) is 5.69 Å². The van der Waals surface area contributed by atoms with Gasteiger partial charge in [0.2, 0.25) is 0 Å². The average molecular weight is 324 g/mol. The molecule has 0 aliphatic heterocycles. The Balaban J connectivity index is 1.40. The van der Waals surface area contributed by atoms with Gasteiger partial charge in [0.25, 0.3) is 0 Å². The van der Waals surface area contributed by atoms with Gasteiger partial charge in [0, 0.05) is 24.8 Å². The van der Waals surface area contributed by atoms with E-state index in [-0.39, 0.29) is 6.03 Å². The molecule has 2 N–H and O–H groups in total. The molecule has 1 heterocycles. The van der Waals surface area contributed by atoms with Crippen molar-refractivity contribution in [3.05, 3.63) is 59.9 Å². The highest BCUT2D eigenvalue weighted by molar-refractivity contribution is 5.73. The van der Waals surface area contributed by atoms with Gasteiger partial charge in [-0.2, -0.15) is 5.10 Å². The summed E-state index contributed by atoms with van der Waals surface area (Å²) in [6, 6.07) is 9.80. The summed E-state index contributed by atoms with van der Waals surface area (Å²) in [5.41, 5.74) is 3.46. The van der Waals surface area contributed by atoms with Gasteiger partial charge < -0.3 is 10.6 Å². The summed E-state index contributed by atoms with van der Waals surface area (Å²) in [5, 5.41) is 10.1. The van der Waals surface area contributed by atoms with Crippen LogP contribution in [0.3, 0.4) is 0 Å². The summed E-state index contributed by atoms with van der Waals surface area (Å²) in [7, 11) is 0. The van der Waals surface area contributed by atoms with E-state index in [1.807, 2.05) is 41.2 Å². The maximum Gasteiger partial charge on any atom is 0.315 e. The van der Waals surface area contributed by atoms with Crippen molar-refractivity contribution in [2.45, 2.75) is 38.6 Å². The Morgan fingerprint density at radius 1 is 1.17 bits per heavy atom. The Hall–Kier alpha value is -2.56. The molecular formula is C19H24N4O. The lowest BCUT2D eigenvalue weighted by Crippen LogP contribution is -2.35. The third-order valence-electron chi connectivity index (χ3n) is 4.23. The van der Waals surface area contributed by atoms with Crippen molar-refractivity contribution in [2.75, 3.05) is 6.54 Å². The molecule has 0 spiro atoms. The largest absolute Gasteiger partial charge is 0.338 e. The van der Waals surface area contributed by atoms with Crippen LogP contribution in [0.1, 0.15) is 37.7 Å². The quantitative estimate of drug-likeness (QED) is 0.798. The first-order chi connectivity index (χ1) is 11.8. The Kier molecular flexibility index (Phi) is 5.66. The van der Waals surface area contributed by atoms with Crippen LogP contribution in [0, 0.1) is 0 Å². The number of carbonyl (C=O) groups excluding carboxylic acids is 1. The minimum absolute atomic E-state index is 0.126. The van der Waals surface area contributed by atoms with Gasteiger partial charge >= 0.3 is 6.03 Å². The number of allylic oxidation sites excluding steroid dienone is 1. The number of urea groups is 1. The third-order valence-corrected chi connectivity index (χ3v) is 4.23. The van der Waals surface area contributed by atoms with Crippen LogP contribution in [0.15, 0.2) is 54.4 Å². The number of amides is 2. The predicted molar refractivity (Wildman–Crippen MR) is 95.0 cm³/mol. The summed E-state index contributed by atoms with van der Waals surface area (Å²) in [5.74, 6) is 0. The molecule has 0 fully saturated rings. The minimum Gasteiger partial charge on any atom is -0.338 e. The number of benzene rings is 1. The van der Waals surface area contributed by atoms with E-state index < -0.39 is 0 Å². The summed E-state index contributed by atoms with van der Waals surface area (Å²) in [4.78, 5) is 11.9. The van der Waals surface area contributed by atoms with Crippen LogP contribution in [-0.2, 0) is 6.54 Å². The van der Waals surface area contributed by atoms with Gasteiger partial charge in [-0.25, -0.2) is 9.48 Å². The van der Waals surface area contributed by atoms with E-state index >= 15 is 0 Å². The smallest absolute Gasteiger partial charge is 0.315 e. The standard InChI is InChI=1S/C19H24N4O/c24-19(20-12-11-16-7-3-1-4-8-16)21-13-17-14-22-23(15-17)18-9-5-2-6-10-18/h2,5-7,9-10,14-15H,1,3-4,8,11-13H2,(H2,20,21,24). The first-order valence-electron chi connectivity index (χ1n) is 8.60. The Morgan fingerprint density at radius 3 is 2.83 bits per heavy atom. The molecule has 126 valence electrons. The molecule has 1 aromatic heterocycles. The van der Waals surface area contributed by atoms with E-state index in [4.69, 9.17) is 0 Å². The monoisotopic (exact) mass is 324 g/mol. The molecule has 2 amide bonds. The zero-order valence-electron chi connectivity index (χ0n) is 13.9. The number of hydrogen-bond acceptors (Lipinski definition) is 2. The minimum atomic E-state index is -0.126. The Labute approximate surface area is 142 Å². The topological polar surface area (TPSA) is 59.0 Å². The molecular weight excluding hydrogens is 300 g/mol. The molecule has 0 unspecified atom stereocenters. The van der Waals surface area contributed by atoms with Crippen LogP contribution in [0.2, 0.25) is 0 Å². The molecule has 1 aliphatic rings. The number of nitrogens with zero attached hydrogens (tertiary/aromatic N) is 2. The molecule has 0 saturated carbocycles. The number of nitrogens with one attached hydrogen (secondary N) is 2. The van der Waals surface area contributed by atoms with Gasteiger partial charge in [0.15, 0.2) is 0 Å². The molecule has 3 rings (SSSR count). The molecule has 5 nitrogen and oxygen atoms in total. The van der Waals surface area contributed by atoms with Gasteiger partial charge in [-0.05, 0) is 44.2 Å². The molecule has 0 radical (unpaired) electrons. The first-order valence-corrected chi connectivity index (χ1v) is 8.60. The van der Waals surface area contributed by atoms with Gasteiger partial charge in [0.1, 0.15) is 0 Å². The molecule has 5 heteroatoms. The number of carbonyl (C=O) groups is 1. The molecule has 1 aromatic carbocycles. The zero-order valence-corrected chi connectivity index (χ0v) is 13.9. The van der Waals surface area contributed by atoms with Gasteiger partial charge in [-0.1, -0.05) is 29.8 Å². The lowest BCUT2D eigenvalue weighted by molar-refractivity contribution is 0.240.